The molecule has 2 amide bonds. The second kappa shape index (κ2) is 6.84. The van der Waals surface area contributed by atoms with Gasteiger partial charge in [0, 0.05) is 36.2 Å². The Morgan fingerprint density at radius 2 is 2.03 bits per heavy atom. The van der Waals surface area contributed by atoms with Gasteiger partial charge in [0.05, 0.1) is 29.3 Å². The number of nitrogens with zero attached hydrogens (tertiary/aromatic N) is 5. The van der Waals surface area contributed by atoms with Crippen LogP contribution >= 0.6 is 0 Å². The Kier molecular flexibility index (Phi) is 4.16. The molecule has 1 unspecified atom stereocenters. The third-order valence-corrected chi connectivity index (χ3v) is 5.58. The lowest BCUT2D eigenvalue weighted by Gasteiger charge is -2.36. The Morgan fingerprint density at radius 3 is 2.83 bits per heavy atom. The monoisotopic (exact) mass is 386 g/mol. The number of aromatic nitrogens is 3. The maximum Gasteiger partial charge on any atom is 0.327 e. The number of urea groups is 1. The van der Waals surface area contributed by atoms with Crippen molar-refractivity contribution in [3.05, 3.63) is 60.2 Å². The summed E-state index contributed by atoms with van der Waals surface area (Å²) in [5.41, 5.74) is 5.40. The van der Waals surface area contributed by atoms with E-state index in [1.807, 2.05) is 43.0 Å². The lowest BCUT2D eigenvalue weighted by Crippen LogP contribution is -2.48. The molecule has 146 valence electrons. The normalized spacial score (nSPS) is 17.2. The first-order valence-electron chi connectivity index (χ1n) is 9.81. The lowest BCUT2D eigenvalue weighted by molar-refractivity contribution is 0.255. The standard InChI is InChI=1S/C22H22N6O/c1-14-5-6-18(15(2)24-14)19-7-8-20-21(26-19)28(17-9-11-27(20)13-17)22(29)25-16-4-3-10-23-12-16/h3-8,10,12,17H,9,11,13H2,1-2H3,(H,25,29). The molecule has 2 aliphatic heterocycles. The summed E-state index contributed by atoms with van der Waals surface area (Å²) >= 11 is 0. The van der Waals surface area contributed by atoms with E-state index in [9.17, 15) is 4.79 Å². The van der Waals surface area contributed by atoms with E-state index in [0.717, 1.165) is 47.8 Å². The molecule has 29 heavy (non-hydrogen) atoms. The number of fused-ring (bicyclic) bond motifs is 4. The molecule has 3 aromatic rings. The fraction of sp³-hybridized carbons (Fsp3) is 0.273. The molecular weight excluding hydrogens is 364 g/mol. The Hall–Kier alpha value is -3.48. The number of anilines is 3. The molecule has 7 heteroatoms. The van der Waals surface area contributed by atoms with Crippen molar-refractivity contribution in [2.75, 3.05) is 28.2 Å². The highest BCUT2D eigenvalue weighted by atomic mass is 16.2. The van der Waals surface area contributed by atoms with Crippen molar-refractivity contribution >= 4 is 23.2 Å². The fourth-order valence-electron chi connectivity index (χ4n) is 4.20. The van der Waals surface area contributed by atoms with Crippen LogP contribution in [-0.4, -0.2) is 40.1 Å². The number of rotatable bonds is 2. The minimum Gasteiger partial charge on any atom is -0.366 e. The molecular formula is C22H22N6O. The van der Waals surface area contributed by atoms with Crippen molar-refractivity contribution in [2.24, 2.45) is 0 Å². The van der Waals surface area contributed by atoms with Gasteiger partial charge in [-0.1, -0.05) is 0 Å². The number of carbonyl (C=O) groups is 1. The van der Waals surface area contributed by atoms with E-state index < -0.39 is 0 Å². The van der Waals surface area contributed by atoms with Gasteiger partial charge in [-0.25, -0.2) is 9.78 Å². The highest BCUT2D eigenvalue weighted by molar-refractivity contribution is 6.04. The summed E-state index contributed by atoms with van der Waals surface area (Å²) in [5, 5.41) is 2.97. The number of hydrogen-bond acceptors (Lipinski definition) is 5. The van der Waals surface area contributed by atoms with Crippen LogP contribution in [-0.2, 0) is 0 Å². The number of nitrogens with one attached hydrogen (secondary N) is 1. The van der Waals surface area contributed by atoms with Crippen LogP contribution < -0.4 is 15.1 Å². The van der Waals surface area contributed by atoms with Crippen molar-refractivity contribution in [2.45, 2.75) is 26.3 Å². The van der Waals surface area contributed by atoms with Gasteiger partial charge in [-0.2, -0.15) is 0 Å². The van der Waals surface area contributed by atoms with Crippen LogP contribution in [0.3, 0.4) is 0 Å². The first kappa shape index (κ1) is 17.6. The first-order chi connectivity index (χ1) is 14.1. The van der Waals surface area contributed by atoms with Gasteiger partial charge in [0.2, 0.25) is 0 Å². The topological polar surface area (TPSA) is 74.2 Å². The van der Waals surface area contributed by atoms with Crippen molar-refractivity contribution in [1.29, 1.82) is 0 Å². The molecule has 0 saturated carbocycles. The summed E-state index contributed by atoms with van der Waals surface area (Å²) in [7, 11) is 0. The zero-order chi connectivity index (χ0) is 20.0. The second-order valence-corrected chi connectivity index (χ2v) is 7.56. The molecule has 7 nitrogen and oxygen atoms in total. The van der Waals surface area contributed by atoms with Gasteiger partial charge < -0.3 is 10.2 Å². The minimum absolute atomic E-state index is 0.110. The number of aryl methyl sites for hydroxylation is 2. The molecule has 5 rings (SSSR count). The highest BCUT2D eigenvalue weighted by Crippen LogP contribution is 2.40. The van der Waals surface area contributed by atoms with Crippen LogP contribution in [0.5, 0.6) is 0 Å². The van der Waals surface area contributed by atoms with Gasteiger partial charge in [-0.3, -0.25) is 14.9 Å². The average Bonchev–Trinajstić information content (AvgIpc) is 3.13. The van der Waals surface area contributed by atoms with E-state index in [0.29, 0.717) is 11.5 Å². The molecule has 1 saturated heterocycles. The SMILES string of the molecule is Cc1ccc(-c2ccc3c(n2)N(C(=O)Nc2cccnc2)C2CCN3C2)c(C)n1. The Balaban J connectivity index is 1.55. The maximum absolute atomic E-state index is 13.2. The quantitative estimate of drug-likeness (QED) is 0.725. The third kappa shape index (κ3) is 3.08. The van der Waals surface area contributed by atoms with E-state index >= 15 is 0 Å². The second-order valence-electron chi connectivity index (χ2n) is 7.56. The van der Waals surface area contributed by atoms with E-state index in [-0.39, 0.29) is 12.1 Å². The summed E-state index contributed by atoms with van der Waals surface area (Å²) in [6.45, 7) is 5.73. The maximum atomic E-state index is 13.2. The number of amides is 2. The zero-order valence-electron chi connectivity index (χ0n) is 16.5. The van der Waals surface area contributed by atoms with E-state index in [2.05, 4.69) is 26.3 Å². The van der Waals surface area contributed by atoms with Crippen LogP contribution in [0.2, 0.25) is 0 Å². The molecule has 0 aliphatic carbocycles. The third-order valence-electron chi connectivity index (χ3n) is 5.58. The molecule has 3 aromatic heterocycles. The van der Waals surface area contributed by atoms with Crippen LogP contribution in [0.4, 0.5) is 22.0 Å². The van der Waals surface area contributed by atoms with Crippen LogP contribution in [0.25, 0.3) is 11.3 Å². The lowest BCUT2D eigenvalue weighted by atomic mass is 10.1. The zero-order valence-corrected chi connectivity index (χ0v) is 16.5. The fourth-order valence-corrected chi connectivity index (χ4v) is 4.20. The molecule has 1 fully saturated rings. The molecule has 5 heterocycles. The number of hydrogen-bond donors (Lipinski definition) is 1. The summed E-state index contributed by atoms with van der Waals surface area (Å²) < 4.78 is 0. The van der Waals surface area contributed by atoms with Crippen molar-refractivity contribution in [1.82, 2.24) is 15.0 Å². The highest BCUT2D eigenvalue weighted by Gasteiger charge is 2.40. The van der Waals surface area contributed by atoms with Crippen molar-refractivity contribution < 1.29 is 4.79 Å². The van der Waals surface area contributed by atoms with Crippen molar-refractivity contribution in [3.63, 3.8) is 0 Å². The van der Waals surface area contributed by atoms with Gasteiger partial charge in [-0.15, -0.1) is 0 Å². The van der Waals surface area contributed by atoms with E-state index in [1.165, 1.54) is 0 Å². The predicted octanol–water partition coefficient (Wildman–Crippen LogP) is 3.79. The van der Waals surface area contributed by atoms with Crippen LogP contribution in [0, 0.1) is 13.8 Å². The summed E-state index contributed by atoms with van der Waals surface area (Å²) in [6.07, 6.45) is 4.26. The number of pyridine rings is 3. The Labute approximate surface area is 169 Å². The van der Waals surface area contributed by atoms with Crippen LogP contribution in [0.1, 0.15) is 17.8 Å². The molecule has 1 N–H and O–H groups in total. The van der Waals surface area contributed by atoms with E-state index in [4.69, 9.17) is 4.98 Å². The molecule has 2 aliphatic rings. The molecule has 0 aromatic carbocycles. The van der Waals surface area contributed by atoms with Gasteiger partial charge in [0.1, 0.15) is 0 Å². The molecule has 0 spiro atoms. The van der Waals surface area contributed by atoms with Crippen molar-refractivity contribution in [3.8, 4) is 11.3 Å². The summed E-state index contributed by atoms with van der Waals surface area (Å²) in [6, 6.07) is 11.7. The smallest absolute Gasteiger partial charge is 0.327 e. The Bertz CT molecular complexity index is 1080. The van der Waals surface area contributed by atoms with E-state index in [1.54, 1.807) is 18.5 Å². The van der Waals surface area contributed by atoms with Gasteiger partial charge >= 0.3 is 6.03 Å². The molecule has 1 atom stereocenters. The first-order valence-corrected chi connectivity index (χ1v) is 9.81. The van der Waals surface area contributed by atoms with Crippen LogP contribution in [0.15, 0.2) is 48.8 Å². The van der Waals surface area contributed by atoms with Gasteiger partial charge in [-0.05, 0) is 56.7 Å². The predicted molar refractivity (Wildman–Crippen MR) is 113 cm³/mol. The van der Waals surface area contributed by atoms with Gasteiger partial charge in [0.25, 0.3) is 0 Å². The van der Waals surface area contributed by atoms with Gasteiger partial charge in [0.15, 0.2) is 5.82 Å². The summed E-state index contributed by atoms with van der Waals surface area (Å²) in [4.78, 5) is 30.9. The largest absolute Gasteiger partial charge is 0.366 e. The molecule has 2 bridgehead atoms. The summed E-state index contributed by atoms with van der Waals surface area (Å²) in [5.74, 6) is 0.706. The molecule has 0 radical (unpaired) electrons. The number of carbonyl (C=O) groups excluding carboxylic acids is 1. The average molecular weight is 386 g/mol. The minimum atomic E-state index is -0.172. The Morgan fingerprint density at radius 1 is 1.14 bits per heavy atom.